The molecule has 9 heavy (non-hydrogen) atoms. The normalized spacial score (nSPS) is 10.0. The van der Waals surface area contributed by atoms with Gasteiger partial charge in [0.05, 0.1) is 35.5 Å². The van der Waals surface area contributed by atoms with Crippen LogP contribution in [0.15, 0.2) is 11.1 Å². The van der Waals surface area contributed by atoms with Gasteiger partial charge in [0, 0.05) is 0 Å². The number of aliphatic hydroxyl groups excluding tert-OH is 1. The fraction of sp³-hybridized carbons (Fsp3) is 0.250. The van der Waals surface area contributed by atoms with Gasteiger partial charge in [0.15, 0.2) is 0 Å². The lowest BCUT2D eigenvalue weighted by atomic mass is 10.5. The largest absolute Gasteiger partial charge is 0.390 e. The van der Waals surface area contributed by atoms with Crippen LogP contribution in [0, 0.1) is 0 Å². The zero-order valence-corrected chi connectivity index (χ0v) is 5.28. The predicted molar refractivity (Wildman–Crippen MR) is 31.5 cm³/mol. The number of aliphatic hydroxyl groups is 1. The van der Waals surface area contributed by atoms with Crippen molar-refractivity contribution in [3.8, 4) is 0 Å². The van der Waals surface area contributed by atoms with Gasteiger partial charge in [-0.2, -0.15) is 8.98 Å². The lowest BCUT2D eigenvalue weighted by Gasteiger charge is -1.88. The maximum absolute atomic E-state index is 11.8. The molecule has 1 aromatic rings. The van der Waals surface area contributed by atoms with Crippen LogP contribution in [-0.4, -0.2) is 15.3 Å². The van der Waals surface area contributed by atoms with Gasteiger partial charge in [-0.1, -0.05) is 0 Å². The third kappa shape index (κ3) is 1.22. The minimum atomic E-state index is -0.202. The summed E-state index contributed by atoms with van der Waals surface area (Å²) >= 11 is 0.0729. The number of halogens is 1. The van der Waals surface area contributed by atoms with Gasteiger partial charge in [-0.05, 0) is 0 Å². The molecular weight excluding hydrogens is 143 g/mol. The molecule has 0 aliphatic carbocycles. The maximum Gasteiger partial charge on any atom is 0.0859 e. The molecule has 0 aliphatic rings. The van der Waals surface area contributed by atoms with Crippen molar-refractivity contribution in [2.45, 2.75) is 11.5 Å². The second-order valence-electron chi connectivity index (χ2n) is 1.45. The third-order valence-electron chi connectivity index (χ3n) is 0.920. The number of nitrogens with one attached hydrogen (secondary N) is 1. The lowest BCUT2D eigenvalue weighted by Crippen LogP contribution is -1.83. The van der Waals surface area contributed by atoms with Gasteiger partial charge in [0.25, 0.3) is 0 Å². The van der Waals surface area contributed by atoms with E-state index in [1.165, 1.54) is 6.20 Å². The molecule has 0 bridgehead atoms. The molecule has 50 valence electrons. The van der Waals surface area contributed by atoms with Crippen LogP contribution in [0.25, 0.3) is 0 Å². The topological polar surface area (TPSA) is 48.9 Å². The number of H-pyrrole nitrogens is 1. The van der Waals surface area contributed by atoms with Crippen molar-refractivity contribution in [2.24, 2.45) is 0 Å². The van der Waals surface area contributed by atoms with Gasteiger partial charge in [0.1, 0.15) is 0 Å². The molecule has 0 atom stereocenters. The highest BCUT2D eigenvalue weighted by Crippen LogP contribution is 2.20. The molecule has 3 nitrogen and oxygen atoms in total. The minimum Gasteiger partial charge on any atom is -0.390 e. The van der Waals surface area contributed by atoms with E-state index in [1.807, 2.05) is 0 Å². The van der Waals surface area contributed by atoms with Crippen molar-refractivity contribution in [3.63, 3.8) is 0 Å². The average molecular weight is 148 g/mol. The molecule has 0 saturated heterocycles. The van der Waals surface area contributed by atoms with Crippen molar-refractivity contribution in [1.82, 2.24) is 10.2 Å². The summed E-state index contributed by atoms with van der Waals surface area (Å²) in [4.78, 5) is 0.345. The van der Waals surface area contributed by atoms with Crippen LogP contribution < -0.4 is 0 Å². The second kappa shape index (κ2) is 2.84. The molecule has 0 radical (unpaired) electrons. The highest BCUT2D eigenvalue weighted by atomic mass is 32.2. The van der Waals surface area contributed by atoms with E-state index in [9.17, 15) is 3.89 Å². The molecule has 0 aliphatic heterocycles. The van der Waals surface area contributed by atoms with Gasteiger partial charge in [-0.3, -0.25) is 5.10 Å². The summed E-state index contributed by atoms with van der Waals surface area (Å²) in [5.41, 5.74) is 0.419. The molecule has 0 fully saturated rings. The highest BCUT2D eigenvalue weighted by molar-refractivity contribution is 7.94. The first-order valence-corrected chi connectivity index (χ1v) is 3.02. The number of nitrogens with zero attached hydrogens (tertiary/aromatic N) is 1. The van der Waals surface area contributed by atoms with Crippen LogP contribution in [0.3, 0.4) is 0 Å². The standard InChI is InChI=1S/C4H5FN2OS/c5-9-4-1-6-7-3(4)2-8/h1,8H,2H2,(H,6,7). The van der Waals surface area contributed by atoms with E-state index in [0.717, 1.165) is 0 Å². The number of rotatable bonds is 2. The zero-order chi connectivity index (χ0) is 6.69. The molecule has 0 saturated carbocycles. The fourth-order valence-electron chi connectivity index (χ4n) is 0.482. The van der Waals surface area contributed by atoms with Crippen molar-refractivity contribution in [3.05, 3.63) is 11.9 Å². The van der Waals surface area contributed by atoms with Crippen molar-refractivity contribution >= 4 is 12.1 Å². The van der Waals surface area contributed by atoms with E-state index in [1.54, 1.807) is 0 Å². The zero-order valence-electron chi connectivity index (χ0n) is 4.47. The van der Waals surface area contributed by atoms with Gasteiger partial charge >= 0.3 is 0 Å². The third-order valence-corrected chi connectivity index (χ3v) is 1.44. The van der Waals surface area contributed by atoms with Gasteiger partial charge < -0.3 is 5.11 Å². The number of hydrogen-bond donors (Lipinski definition) is 2. The Labute approximate surface area is 55.6 Å². The SMILES string of the molecule is OCc1[nH]ncc1SF. The van der Waals surface area contributed by atoms with Crippen LogP contribution in [0.2, 0.25) is 0 Å². The Kier molecular flexibility index (Phi) is 2.07. The van der Waals surface area contributed by atoms with E-state index in [-0.39, 0.29) is 18.8 Å². The molecule has 1 rings (SSSR count). The maximum atomic E-state index is 11.8. The first kappa shape index (κ1) is 6.57. The monoisotopic (exact) mass is 148 g/mol. The van der Waals surface area contributed by atoms with E-state index in [2.05, 4.69) is 10.2 Å². The Morgan fingerprint density at radius 3 is 3.11 bits per heavy atom. The van der Waals surface area contributed by atoms with Crippen LogP contribution in [-0.2, 0) is 6.61 Å². The molecule has 0 unspecified atom stereocenters. The van der Waals surface area contributed by atoms with E-state index in [4.69, 9.17) is 5.11 Å². The Morgan fingerprint density at radius 2 is 2.67 bits per heavy atom. The molecule has 2 N–H and O–H groups in total. The Balaban J connectivity index is 2.85. The molecule has 1 heterocycles. The number of aromatic nitrogens is 2. The molecule has 5 heteroatoms. The summed E-state index contributed by atoms with van der Waals surface area (Å²) in [7, 11) is 0. The summed E-state index contributed by atoms with van der Waals surface area (Å²) in [6.07, 6.45) is 1.33. The Hall–Kier alpha value is -0.550. The van der Waals surface area contributed by atoms with E-state index < -0.39 is 0 Å². The lowest BCUT2D eigenvalue weighted by molar-refractivity contribution is 0.274. The number of hydrogen-bond acceptors (Lipinski definition) is 3. The Bertz CT molecular complexity index is 172. The summed E-state index contributed by atoms with van der Waals surface area (Å²) in [6, 6.07) is 0. The van der Waals surface area contributed by atoms with Crippen molar-refractivity contribution in [1.29, 1.82) is 0 Å². The highest BCUT2D eigenvalue weighted by Gasteiger charge is 2.02. The van der Waals surface area contributed by atoms with E-state index in [0.29, 0.717) is 10.6 Å². The molecule has 0 spiro atoms. The summed E-state index contributed by atoms with van der Waals surface area (Å²) in [5, 5.41) is 14.5. The summed E-state index contributed by atoms with van der Waals surface area (Å²) in [5.74, 6) is 0. The van der Waals surface area contributed by atoms with Crippen LogP contribution >= 0.6 is 12.1 Å². The molecular formula is C4H5FN2OS. The molecule has 1 aromatic heterocycles. The first-order valence-electron chi connectivity index (χ1n) is 2.30. The summed E-state index contributed by atoms with van der Waals surface area (Å²) in [6.45, 7) is -0.202. The van der Waals surface area contributed by atoms with Gasteiger partial charge in [-0.25, -0.2) is 0 Å². The second-order valence-corrected chi connectivity index (χ2v) is 2.04. The van der Waals surface area contributed by atoms with Gasteiger partial charge in [0.2, 0.25) is 0 Å². The Morgan fingerprint density at radius 1 is 1.89 bits per heavy atom. The first-order chi connectivity index (χ1) is 4.38. The quantitative estimate of drug-likeness (QED) is 0.654. The van der Waals surface area contributed by atoms with Gasteiger partial charge in [-0.15, -0.1) is 0 Å². The van der Waals surface area contributed by atoms with Crippen LogP contribution in [0.1, 0.15) is 5.69 Å². The minimum absolute atomic E-state index is 0.0729. The van der Waals surface area contributed by atoms with E-state index >= 15 is 0 Å². The van der Waals surface area contributed by atoms with Crippen molar-refractivity contribution < 1.29 is 8.99 Å². The summed E-state index contributed by atoms with van der Waals surface area (Å²) < 4.78 is 11.8. The molecule has 0 amide bonds. The van der Waals surface area contributed by atoms with Crippen molar-refractivity contribution in [2.75, 3.05) is 0 Å². The predicted octanol–water partition coefficient (Wildman–Crippen LogP) is 0.879. The smallest absolute Gasteiger partial charge is 0.0859 e. The van der Waals surface area contributed by atoms with Crippen LogP contribution in [0.5, 0.6) is 0 Å². The fourth-order valence-corrected chi connectivity index (χ4v) is 0.777. The number of aromatic amines is 1. The van der Waals surface area contributed by atoms with Crippen LogP contribution in [0.4, 0.5) is 3.89 Å². The molecule has 0 aromatic carbocycles. The average Bonchev–Trinajstić information content (AvgIpc) is 2.33.